The third-order valence-electron chi connectivity index (χ3n) is 12.6. The number of nitrogens with zero attached hydrogens (tertiary/aromatic N) is 3. The summed E-state index contributed by atoms with van der Waals surface area (Å²) in [6.45, 7) is 0. The molecule has 2 heterocycles. The maximum atomic E-state index is 6.92. The summed E-state index contributed by atoms with van der Waals surface area (Å²) in [5.74, 6) is 1.75. The number of benzene rings is 10. The Kier molecular flexibility index (Phi) is 10.2. The quantitative estimate of drug-likeness (QED) is 0.145. The molecule has 67 heavy (non-hydrogen) atoms. The van der Waals surface area contributed by atoms with Crippen LogP contribution in [0.3, 0.4) is 0 Å². The van der Waals surface area contributed by atoms with Crippen LogP contribution in [0.25, 0.3) is 123 Å². The standard InChI is InChI=1S/C63H41N3O/c1-5-16-42(17-6-1)45-30-32-47(33-31-45)50-24-13-25-52(40-50)62-64-61(49-36-34-46(35-37-49)43-18-7-2-8-19-43)65-63(66-62)56-28-15-29-58-59(56)55-27-14-26-54(60(55)67-58)53-39-38-51(44-20-9-3-10-21-44)41-57(53)48-22-11-4-12-23-48/h1-41H. The second kappa shape index (κ2) is 17.2. The largest absolute Gasteiger partial charge is 0.455 e. The van der Waals surface area contributed by atoms with E-state index in [0.717, 1.165) is 88.7 Å². The van der Waals surface area contributed by atoms with Crippen LogP contribution in [0.5, 0.6) is 0 Å². The van der Waals surface area contributed by atoms with Gasteiger partial charge in [-0.2, -0.15) is 0 Å². The summed E-state index contributed by atoms with van der Waals surface area (Å²) in [6.07, 6.45) is 0. The fraction of sp³-hybridized carbons (Fsp3) is 0. The first kappa shape index (κ1) is 39.6. The average Bonchev–Trinajstić information content (AvgIpc) is 3.81. The highest BCUT2D eigenvalue weighted by molar-refractivity contribution is 6.15. The van der Waals surface area contributed by atoms with Crippen molar-refractivity contribution >= 4 is 21.9 Å². The molecular weight excluding hydrogens is 815 g/mol. The van der Waals surface area contributed by atoms with Crippen LogP contribution in [0, 0.1) is 0 Å². The summed E-state index contributed by atoms with van der Waals surface area (Å²) in [4.78, 5) is 15.8. The zero-order valence-corrected chi connectivity index (χ0v) is 36.4. The Balaban J connectivity index is 1.00. The highest BCUT2D eigenvalue weighted by atomic mass is 16.3. The SMILES string of the molecule is c1ccc(-c2ccc(-c3cccc(-c4nc(-c5ccc(-c6ccccc6)cc5)nc(-c5cccc6oc7c(-c8ccc(-c9ccccc9)cc8-c8ccccc8)cccc7c56)n4)c3)cc2)cc1. The highest BCUT2D eigenvalue weighted by Crippen LogP contribution is 2.44. The number of hydrogen-bond acceptors (Lipinski definition) is 4. The van der Waals surface area contributed by atoms with Crippen LogP contribution in [0.2, 0.25) is 0 Å². The maximum Gasteiger partial charge on any atom is 0.164 e. The smallest absolute Gasteiger partial charge is 0.164 e. The summed E-state index contributed by atoms with van der Waals surface area (Å²) in [7, 11) is 0. The van der Waals surface area contributed by atoms with E-state index < -0.39 is 0 Å². The molecular formula is C63H41N3O. The van der Waals surface area contributed by atoms with Crippen molar-refractivity contribution in [1.29, 1.82) is 0 Å². The number of para-hydroxylation sites is 1. The van der Waals surface area contributed by atoms with E-state index in [-0.39, 0.29) is 0 Å². The van der Waals surface area contributed by atoms with Gasteiger partial charge in [-0.25, -0.2) is 15.0 Å². The predicted molar refractivity (Wildman–Crippen MR) is 276 cm³/mol. The van der Waals surface area contributed by atoms with Crippen molar-refractivity contribution in [2.24, 2.45) is 0 Å². The molecule has 10 aromatic carbocycles. The van der Waals surface area contributed by atoms with Gasteiger partial charge in [-0.05, 0) is 79.4 Å². The topological polar surface area (TPSA) is 51.8 Å². The van der Waals surface area contributed by atoms with E-state index >= 15 is 0 Å². The summed E-state index contributed by atoms with van der Waals surface area (Å²) in [5, 5.41) is 1.95. The Bertz CT molecular complexity index is 3700. The van der Waals surface area contributed by atoms with Gasteiger partial charge in [0.1, 0.15) is 11.2 Å². The molecule has 0 amide bonds. The lowest BCUT2D eigenvalue weighted by molar-refractivity contribution is 0.670. The highest BCUT2D eigenvalue weighted by Gasteiger charge is 2.21. The van der Waals surface area contributed by atoms with Crippen LogP contribution in [0.1, 0.15) is 0 Å². The van der Waals surface area contributed by atoms with Crippen molar-refractivity contribution in [1.82, 2.24) is 15.0 Å². The van der Waals surface area contributed by atoms with E-state index in [9.17, 15) is 0 Å². The number of rotatable bonds is 9. The first-order valence-electron chi connectivity index (χ1n) is 22.6. The lowest BCUT2D eigenvalue weighted by atomic mass is 9.90. The van der Waals surface area contributed by atoms with Gasteiger partial charge in [-0.3, -0.25) is 0 Å². The lowest BCUT2D eigenvalue weighted by Gasteiger charge is -2.13. The second-order valence-corrected chi connectivity index (χ2v) is 16.7. The van der Waals surface area contributed by atoms with Crippen LogP contribution >= 0.6 is 0 Å². The zero-order chi connectivity index (χ0) is 44.5. The monoisotopic (exact) mass is 855 g/mol. The van der Waals surface area contributed by atoms with Gasteiger partial charge in [0, 0.05) is 33.0 Å². The van der Waals surface area contributed by atoms with Crippen molar-refractivity contribution in [3.63, 3.8) is 0 Å². The van der Waals surface area contributed by atoms with E-state index in [1.54, 1.807) is 0 Å². The minimum absolute atomic E-state index is 0.570. The Morgan fingerprint density at radius 2 is 0.657 bits per heavy atom. The van der Waals surface area contributed by atoms with E-state index in [0.29, 0.717) is 17.5 Å². The van der Waals surface area contributed by atoms with Crippen LogP contribution in [-0.4, -0.2) is 15.0 Å². The fourth-order valence-corrected chi connectivity index (χ4v) is 9.21. The molecule has 12 aromatic rings. The maximum absolute atomic E-state index is 6.92. The molecule has 0 bridgehead atoms. The molecule has 0 spiro atoms. The van der Waals surface area contributed by atoms with Gasteiger partial charge in [-0.15, -0.1) is 0 Å². The Morgan fingerprint density at radius 3 is 1.28 bits per heavy atom. The molecule has 0 unspecified atom stereocenters. The normalized spacial score (nSPS) is 11.3. The van der Waals surface area contributed by atoms with Crippen molar-refractivity contribution < 1.29 is 4.42 Å². The third kappa shape index (κ3) is 7.67. The minimum atomic E-state index is 0.570. The number of furan rings is 1. The molecule has 0 aliphatic heterocycles. The molecule has 4 heteroatoms. The van der Waals surface area contributed by atoms with Gasteiger partial charge >= 0.3 is 0 Å². The third-order valence-corrected chi connectivity index (χ3v) is 12.6. The number of fused-ring (bicyclic) bond motifs is 3. The van der Waals surface area contributed by atoms with Crippen molar-refractivity contribution in [3.05, 3.63) is 249 Å². The van der Waals surface area contributed by atoms with Gasteiger partial charge in [0.05, 0.1) is 0 Å². The fourth-order valence-electron chi connectivity index (χ4n) is 9.21. The molecule has 314 valence electrons. The predicted octanol–water partition coefficient (Wildman–Crippen LogP) is 16.8. The molecule has 2 aromatic heterocycles. The van der Waals surface area contributed by atoms with Crippen LogP contribution in [-0.2, 0) is 0 Å². The molecule has 0 aliphatic rings. The molecule has 0 atom stereocenters. The van der Waals surface area contributed by atoms with Crippen LogP contribution < -0.4 is 0 Å². The summed E-state index contributed by atoms with van der Waals surface area (Å²) in [5.41, 5.74) is 17.8. The molecule has 0 saturated carbocycles. The first-order valence-corrected chi connectivity index (χ1v) is 22.6. The Hall–Kier alpha value is -8.99. The van der Waals surface area contributed by atoms with Gasteiger partial charge in [-0.1, -0.05) is 231 Å². The van der Waals surface area contributed by atoms with E-state index in [1.807, 2.05) is 24.3 Å². The lowest BCUT2D eigenvalue weighted by Crippen LogP contribution is -2.00. The number of aromatic nitrogens is 3. The number of hydrogen-bond donors (Lipinski definition) is 0. The van der Waals surface area contributed by atoms with Crippen molar-refractivity contribution in [3.8, 4) is 101 Å². The zero-order valence-electron chi connectivity index (χ0n) is 36.4. The molecule has 0 saturated heterocycles. The first-order chi connectivity index (χ1) is 33.2. The Labute approximate surface area is 389 Å². The molecule has 0 radical (unpaired) electrons. The molecule has 0 N–H and O–H groups in total. The Morgan fingerprint density at radius 1 is 0.239 bits per heavy atom. The molecule has 12 rings (SSSR count). The average molecular weight is 856 g/mol. The van der Waals surface area contributed by atoms with Gasteiger partial charge < -0.3 is 4.42 Å². The van der Waals surface area contributed by atoms with Gasteiger partial charge in [0.25, 0.3) is 0 Å². The van der Waals surface area contributed by atoms with E-state index in [1.165, 1.54) is 16.7 Å². The van der Waals surface area contributed by atoms with Gasteiger partial charge in [0.2, 0.25) is 0 Å². The van der Waals surface area contributed by atoms with Gasteiger partial charge in [0.15, 0.2) is 17.5 Å². The molecule has 4 nitrogen and oxygen atoms in total. The second-order valence-electron chi connectivity index (χ2n) is 16.7. The molecule has 0 fully saturated rings. The molecule has 0 aliphatic carbocycles. The van der Waals surface area contributed by atoms with Crippen molar-refractivity contribution in [2.45, 2.75) is 0 Å². The van der Waals surface area contributed by atoms with Crippen LogP contribution in [0.15, 0.2) is 253 Å². The van der Waals surface area contributed by atoms with Crippen molar-refractivity contribution in [2.75, 3.05) is 0 Å². The summed E-state index contributed by atoms with van der Waals surface area (Å²) in [6, 6.07) is 87.0. The van der Waals surface area contributed by atoms with E-state index in [2.05, 4.69) is 224 Å². The summed E-state index contributed by atoms with van der Waals surface area (Å²) < 4.78 is 6.92. The van der Waals surface area contributed by atoms with Crippen LogP contribution in [0.4, 0.5) is 0 Å². The summed E-state index contributed by atoms with van der Waals surface area (Å²) >= 11 is 0. The van der Waals surface area contributed by atoms with E-state index in [4.69, 9.17) is 19.4 Å². The minimum Gasteiger partial charge on any atom is -0.455 e.